The predicted molar refractivity (Wildman–Crippen MR) is 141 cm³/mol. The normalized spacial score (nSPS) is 15.8. The number of nitrogens with one attached hydrogen (secondary N) is 2. The number of hydrogen-bond donors (Lipinski definition) is 3. The summed E-state index contributed by atoms with van der Waals surface area (Å²) < 4.78 is 5.57. The number of carbonyl (C=O) groups is 1. The number of aryl methyl sites for hydroxylation is 2. The third kappa shape index (κ3) is 8.13. The van der Waals surface area contributed by atoms with Gasteiger partial charge in [0, 0.05) is 44.3 Å². The van der Waals surface area contributed by atoms with Crippen LogP contribution in [0.4, 0.5) is 11.8 Å². The summed E-state index contributed by atoms with van der Waals surface area (Å²) in [6.07, 6.45) is 11.8. The second kappa shape index (κ2) is 13.5. The minimum atomic E-state index is -0.887. The molecular weight excluding hydrogens is 456 g/mol. The molecule has 1 saturated carbocycles. The molecule has 0 bridgehead atoms. The largest absolute Gasteiger partial charge is 0.480 e. The molecule has 1 aliphatic heterocycles. The summed E-state index contributed by atoms with van der Waals surface area (Å²) in [6, 6.07) is 3.63. The number of aliphatic carboxylic acids is 1. The fourth-order valence-electron chi connectivity index (χ4n) is 4.59. The molecule has 1 fully saturated rings. The number of carboxylic acid groups (broad SMARTS) is 1. The van der Waals surface area contributed by atoms with Crippen LogP contribution in [-0.4, -0.2) is 76.4 Å². The highest BCUT2D eigenvalue weighted by Gasteiger charge is 2.25. The molecule has 2 aromatic rings. The van der Waals surface area contributed by atoms with Crippen molar-refractivity contribution >= 4 is 17.7 Å². The number of unbranched alkanes of at least 4 members (excludes halogenated alkanes) is 1. The maximum Gasteiger partial charge on any atom is 0.326 e. The van der Waals surface area contributed by atoms with Crippen LogP contribution < -0.4 is 10.6 Å². The SMILES string of the molecule is CCOCCN(CCCCc1ccc2c(n1)NCCC2)CCC(Nc1ncc(C2CC2)cn1)C(=O)O. The first-order valence-corrected chi connectivity index (χ1v) is 13.5. The summed E-state index contributed by atoms with van der Waals surface area (Å²) in [5.41, 5.74) is 3.58. The third-order valence-electron chi connectivity index (χ3n) is 6.92. The molecule has 2 aromatic heterocycles. The molecule has 196 valence electrons. The molecule has 0 amide bonds. The number of pyridine rings is 1. The van der Waals surface area contributed by atoms with Gasteiger partial charge in [0.2, 0.25) is 5.95 Å². The van der Waals surface area contributed by atoms with Crippen molar-refractivity contribution in [2.75, 3.05) is 50.0 Å². The van der Waals surface area contributed by atoms with E-state index in [0.29, 0.717) is 38.0 Å². The molecule has 9 nitrogen and oxygen atoms in total. The molecule has 0 aromatic carbocycles. The molecule has 0 radical (unpaired) electrons. The fourth-order valence-corrected chi connectivity index (χ4v) is 4.59. The van der Waals surface area contributed by atoms with E-state index < -0.39 is 12.0 Å². The number of fused-ring (bicyclic) bond motifs is 1. The first-order chi connectivity index (χ1) is 17.6. The Morgan fingerprint density at radius 3 is 2.81 bits per heavy atom. The van der Waals surface area contributed by atoms with Gasteiger partial charge in [0.05, 0.1) is 6.61 Å². The van der Waals surface area contributed by atoms with Gasteiger partial charge in [0.1, 0.15) is 11.9 Å². The Labute approximate surface area is 214 Å². The maximum atomic E-state index is 11.9. The van der Waals surface area contributed by atoms with Crippen molar-refractivity contribution in [2.45, 2.75) is 70.3 Å². The van der Waals surface area contributed by atoms with Gasteiger partial charge in [-0.1, -0.05) is 6.07 Å². The van der Waals surface area contributed by atoms with Crippen LogP contribution in [0, 0.1) is 0 Å². The van der Waals surface area contributed by atoms with Crippen molar-refractivity contribution in [1.29, 1.82) is 0 Å². The van der Waals surface area contributed by atoms with Crippen molar-refractivity contribution in [2.24, 2.45) is 0 Å². The Bertz CT molecular complexity index is 966. The molecular formula is C27H40N6O3. The molecule has 36 heavy (non-hydrogen) atoms. The van der Waals surface area contributed by atoms with E-state index >= 15 is 0 Å². The number of carboxylic acids is 1. The van der Waals surface area contributed by atoms with Gasteiger partial charge in [-0.15, -0.1) is 0 Å². The molecule has 1 aliphatic carbocycles. The summed E-state index contributed by atoms with van der Waals surface area (Å²) in [6.45, 7) is 6.66. The van der Waals surface area contributed by atoms with Crippen LogP contribution in [0.25, 0.3) is 0 Å². The summed E-state index contributed by atoms with van der Waals surface area (Å²) in [7, 11) is 0. The zero-order valence-electron chi connectivity index (χ0n) is 21.4. The summed E-state index contributed by atoms with van der Waals surface area (Å²) in [5.74, 6) is 1.12. The lowest BCUT2D eigenvalue weighted by atomic mass is 10.1. The molecule has 2 aliphatic rings. The highest BCUT2D eigenvalue weighted by Crippen LogP contribution is 2.39. The summed E-state index contributed by atoms with van der Waals surface area (Å²) >= 11 is 0. The van der Waals surface area contributed by atoms with Gasteiger partial charge in [-0.3, -0.25) is 0 Å². The zero-order valence-corrected chi connectivity index (χ0v) is 21.4. The molecule has 1 unspecified atom stereocenters. The molecule has 9 heteroatoms. The van der Waals surface area contributed by atoms with Crippen molar-refractivity contribution < 1.29 is 14.6 Å². The number of anilines is 2. The quantitative estimate of drug-likeness (QED) is 0.299. The Hall–Kier alpha value is -2.78. The van der Waals surface area contributed by atoms with E-state index in [1.54, 1.807) is 0 Å². The number of aromatic nitrogens is 3. The van der Waals surface area contributed by atoms with Crippen LogP contribution in [-0.2, 0) is 22.4 Å². The van der Waals surface area contributed by atoms with Crippen LogP contribution in [0.3, 0.4) is 0 Å². The lowest BCUT2D eigenvalue weighted by Gasteiger charge is -2.24. The molecule has 1 atom stereocenters. The standard InChI is InChI=1S/C27H40N6O3/c1-2-36-17-16-33(14-4-3-7-23-11-10-21-6-5-13-28-25(21)31-23)15-12-24(26(34)35)32-27-29-18-22(19-30-27)20-8-9-20/h10-11,18-20,24H,2-9,12-17H2,1H3,(H,28,31)(H,34,35)(H,29,30,32). The average Bonchev–Trinajstić information content (AvgIpc) is 3.74. The number of ether oxygens (including phenoxy) is 1. The van der Waals surface area contributed by atoms with Gasteiger partial charge in [-0.25, -0.2) is 19.7 Å². The second-order valence-electron chi connectivity index (χ2n) is 9.77. The van der Waals surface area contributed by atoms with Crippen molar-refractivity contribution in [1.82, 2.24) is 19.9 Å². The Balaban J connectivity index is 1.24. The van der Waals surface area contributed by atoms with Gasteiger partial charge in [-0.2, -0.15) is 0 Å². The number of nitrogens with zero attached hydrogens (tertiary/aromatic N) is 4. The lowest BCUT2D eigenvalue weighted by molar-refractivity contribution is -0.138. The van der Waals surface area contributed by atoms with Crippen LogP contribution in [0.15, 0.2) is 24.5 Å². The highest BCUT2D eigenvalue weighted by molar-refractivity contribution is 5.76. The van der Waals surface area contributed by atoms with E-state index in [9.17, 15) is 9.90 Å². The van der Waals surface area contributed by atoms with Gasteiger partial charge >= 0.3 is 5.97 Å². The first-order valence-electron chi connectivity index (χ1n) is 13.5. The topological polar surface area (TPSA) is 113 Å². The van der Waals surface area contributed by atoms with E-state index in [1.807, 2.05) is 19.3 Å². The highest BCUT2D eigenvalue weighted by atomic mass is 16.5. The average molecular weight is 497 g/mol. The fraction of sp³-hybridized carbons (Fsp3) is 0.630. The molecule has 3 heterocycles. The molecule has 4 rings (SSSR count). The maximum absolute atomic E-state index is 11.9. The minimum Gasteiger partial charge on any atom is -0.480 e. The van der Waals surface area contributed by atoms with E-state index in [-0.39, 0.29) is 0 Å². The van der Waals surface area contributed by atoms with Crippen LogP contribution in [0.2, 0.25) is 0 Å². The number of hydrogen-bond acceptors (Lipinski definition) is 8. The van der Waals surface area contributed by atoms with Gasteiger partial charge < -0.3 is 25.4 Å². The molecule has 0 spiro atoms. The lowest BCUT2D eigenvalue weighted by Crippen LogP contribution is -2.37. The summed E-state index contributed by atoms with van der Waals surface area (Å²) in [5, 5.41) is 16.2. The summed E-state index contributed by atoms with van der Waals surface area (Å²) in [4.78, 5) is 27.7. The minimum absolute atomic E-state index is 0.375. The Morgan fingerprint density at radius 2 is 2.06 bits per heavy atom. The van der Waals surface area contributed by atoms with Gasteiger partial charge in [0.25, 0.3) is 0 Å². The van der Waals surface area contributed by atoms with Gasteiger partial charge in [-0.05, 0) is 87.9 Å². The number of rotatable bonds is 16. The van der Waals surface area contributed by atoms with Crippen molar-refractivity contribution in [3.63, 3.8) is 0 Å². The van der Waals surface area contributed by atoms with Crippen molar-refractivity contribution in [3.05, 3.63) is 41.3 Å². The molecule has 0 saturated heterocycles. The zero-order chi connectivity index (χ0) is 25.2. The predicted octanol–water partition coefficient (Wildman–Crippen LogP) is 3.72. The van der Waals surface area contributed by atoms with Crippen LogP contribution in [0.5, 0.6) is 0 Å². The monoisotopic (exact) mass is 496 g/mol. The van der Waals surface area contributed by atoms with E-state index in [2.05, 4.69) is 37.6 Å². The van der Waals surface area contributed by atoms with E-state index in [0.717, 1.165) is 62.4 Å². The smallest absolute Gasteiger partial charge is 0.326 e. The van der Waals surface area contributed by atoms with Crippen LogP contribution >= 0.6 is 0 Å². The van der Waals surface area contributed by atoms with Gasteiger partial charge in [0.15, 0.2) is 0 Å². The van der Waals surface area contributed by atoms with E-state index in [1.165, 1.54) is 24.8 Å². The third-order valence-corrected chi connectivity index (χ3v) is 6.92. The second-order valence-corrected chi connectivity index (χ2v) is 9.77. The Morgan fingerprint density at radius 1 is 1.22 bits per heavy atom. The van der Waals surface area contributed by atoms with Crippen LogP contribution in [0.1, 0.15) is 68.2 Å². The Kier molecular flexibility index (Phi) is 9.86. The first kappa shape index (κ1) is 26.3. The molecule has 3 N–H and O–H groups in total. The van der Waals surface area contributed by atoms with E-state index in [4.69, 9.17) is 9.72 Å². The van der Waals surface area contributed by atoms with Crippen molar-refractivity contribution in [3.8, 4) is 0 Å².